The summed E-state index contributed by atoms with van der Waals surface area (Å²) in [5, 5.41) is 13.3. The molecule has 1 aromatic heterocycles. The average molecular weight is 207 g/mol. The number of nitrogens with two attached hydrogens (primary N) is 1. The molecule has 6 heteroatoms. The number of hydrogen-bond donors (Lipinski definition) is 2. The first-order chi connectivity index (χ1) is 7.25. The minimum absolute atomic E-state index is 0.271. The normalized spacial score (nSPS) is 12.7. The Kier molecular flexibility index (Phi) is 2.68. The molecule has 2 aromatic rings. The van der Waals surface area contributed by atoms with Crippen molar-refractivity contribution in [3.05, 3.63) is 41.5 Å². The average Bonchev–Trinajstić information content (AvgIpc) is 2.70. The van der Waals surface area contributed by atoms with E-state index < -0.39 is 0 Å². The molecule has 0 aliphatic heterocycles. The summed E-state index contributed by atoms with van der Waals surface area (Å²) in [6, 6.07) is 5.92. The lowest BCUT2D eigenvalue weighted by atomic mass is 10.1. The van der Waals surface area contributed by atoms with Crippen molar-refractivity contribution in [2.24, 2.45) is 5.73 Å². The van der Waals surface area contributed by atoms with Crippen LogP contribution in [0.2, 0.25) is 0 Å². The molecule has 0 saturated heterocycles. The van der Waals surface area contributed by atoms with Crippen LogP contribution in [0.15, 0.2) is 24.3 Å². The van der Waals surface area contributed by atoms with Gasteiger partial charge in [-0.3, -0.25) is 0 Å². The van der Waals surface area contributed by atoms with Gasteiger partial charge in [-0.2, -0.15) is 5.21 Å². The van der Waals surface area contributed by atoms with Crippen molar-refractivity contribution in [3.8, 4) is 0 Å². The zero-order valence-corrected chi connectivity index (χ0v) is 7.89. The number of rotatable bonds is 3. The van der Waals surface area contributed by atoms with Gasteiger partial charge in [-0.1, -0.05) is 17.3 Å². The SMILES string of the molecule is NC(Cc1cccc(F)c1)c1nn[nH]n1. The van der Waals surface area contributed by atoms with Crippen LogP contribution in [0.4, 0.5) is 4.39 Å². The standard InChI is InChI=1S/C9H10FN5/c10-7-3-1-2-6(4-7)5-8(11)9-12-14-15-13-9/h1-4,8H,5,11H2,(H,12,13,14,15). The zero-order valence-electron chi connectivity index (χ0n) is 7.89. The summed E-state index contributed by atoms with van der Waals surface area (Å²) in [7, 11) is 0. The quantitative estimate of drug-likeness (QED) is 0.771. The molecule has 1 atom stereocenters. The predicted octanol–water partition coefficient (Wildman–Crippen LogP) is 0.581. The number of nitrogens with zero attached hydrogens (tertiary/aromatic N) is 3. The van der Waals surface area contributed by atoms with Crippen LogP contribution in [0, 0.1) is 5.82 Å². The molecule has 2 rings (SSSR count). The number of hydrogen-bond acceptors (Lipinski definition) is 4. The van der Waals surface area contributed by atoms with Gasteiger partial charge < -0.3 is 5.73 Å². The summed E-state index contributed by atoms with van der Waals surface area (Å²) in [5.74, 6) is 0.159. The first-order valence-electron chi connectivity index (χ1n) is 4.49. The van der Waals surface area contributed by atoms with Gasteiger partial charge in [-0.05, 0) is 24.1 Å². The van der Waals surface area contributed by atoms with E-state index in [2.05, 4.69) is 20.6 Å². The number of H-pyrrole nitrogens is 1. The van der Waals surface area contributed by atoms with Crippen LogP contribution >= 0.6 is 0 Å². The highest BCUT2D eigenvalue weighted by Crippen LogP contribution is 2.12. The molecule has 0 aliphatic carbocycles. The van der Waals surface area contributed by atoms with E-state index in [0.717, 1.165) is 5.56 Å². The number of tetrazole rings is 1. The fraction of sp³-hybridized carbons (Fsp3) is 0.222. The molecule has 3 N–H and O–H groups in total. The molecule has 0 radical (unpaired) electrons. The Hall–Kier alpha value is -1.82. The van der Waals surface area contributed by atoms with Gasteiger partial charge in [0.05, 0.1) is 6.04 Å². The summed E-state index contributed by atoms with van der Waals surface area (Å²) >= 11 is 0. The van der Waals surface area contributed by atoms with Gasteiger partial charge in [-0.25, -0.2) is 4.39 Å². The van der Waals surface area contributed by atoms with Gasteiger partial charge in [-0.15, -0.1) is 10.2 Å². The van der Waals surface area contributed by atoms with E-state index >= 15 is 0 Å². The Labute approximate surface area is 85.5 Å². The maximum atomic E-state index is 12.9. The smallest absolute Gasteiger partial charge is 0.191 e. The second-order valence-corrected chi connectivity index (χ2v) is 3.21. The van der Waals surface area contributed by atoms with Crippen molar-refractivity contribution >= 4 is 0 Å². The number of benzene rings is 1. The van der Waals surface area contributed by atoms with Gasteiger partial charge in [0.25, 0.3) is 0 Å². The summed E-state index contributed by atoms with van der Waals surface area (Å²) < 4.78 is 12.9. The third-order valence-electron chi connectivity index (χ3n) is 2.04. The summed E-state index contributed by atoms with van der Waals surface area (Å²) in [6.45, 7) is 0. The molecule has 0 spiro atoms. The van der Waals surface area contributed by atoms with E-state index in [1.807, 2.05) is 6.07 Å². The first-order valence-corrected chi connectivity index (χ1v) is 4.49. The van der Waals surface area contributed by atoms with Crippen LogP contribution in [-0.2, 0) is 6.42 Å². The first kappa shape index (κ1) is 9.72. The number of aromatic amines is 1. The summed E-state index contributed by atoms with van der Waals surface area (Å²) in [5.41, 5.74) is 6.63. The molecular weight excluding hydrogens is 197 g/mol. The molecule has 15 heavy (non-hydrogen) atoms. The van der Waals surface area contributed by atoms with E-state index in [1.54, 1.807) is 6.07 Å². The van der Waals surface area contributed by atoms with E-state index in [1.165, 1.54) is 12.1 Å². The van der Waals surface area contributed by atoms with Gasteiger partial charge in [0.15, 0.2) is 5.82 Å². The Morgan fingerprint density at radius 1 is 1.47 bits per heavy atom. The second kappa shape index (κ2) is 4.14. The maximum Gasteiger partial charge on any atom is 0.191 e. The second-order valence-electron chi connectivity index (χ2n) is 3.21. The molecule has 0 fully saturated rings. The highest BCUT2D eigenvalue weighted by Gasteiger charge is 2.11. The van der Waals surface area contributed by atoms with Crippen molar-refractivity contribution in [3.63, 3.8) is 0 Å². The van der Waals surface area contributed by atoms with Crippen LogP contribution in [0.5, 0.6) is 0 Å². The van der Waals surface area contributed by atoms with Crippen LogP contribution < -0.4 is 5.73 Å². The van der Waals surface area contributed by atoms with Crippen LogP contribution in [0.25, 0.3) is 0 Å². The molecule has 0 amide bonds. The molecule has 1 unspecified atom stereocenters. The molecule has 1 heterocycles. The molecule has 0 saturated carbocycles. The molecular formula is C9H10FN5. The van der Waals surface area contributed by atoms with Crippen LogP contribution in [0.3, 0.4) is 0 Å². The third-order valence-corrected chi connectivity index (χ3v) is 2.04. The van der Waals surface area contributed by atoms with Crippen molar-refractivity contribution in [1.29, 1.82) is 0 Å². The Morgan fingerprint density at radius 2 is 2.33 bits per heavy atom. The number of halogens is 1. The van der Waals surface area contributed by atoms with Crippen molar-refractivity contribution in [2.75, 3.05) is 0 Å². The number of nitrogens with one attached hydrogen (secondary N) is 1. The fourth-order valence-corrected chi connectivity index (χ4v) is 1.34. The van der Waals surface area contributed by atoms with E-state index in [9.17, 15) is 4.39 Å². The maximum absolute atomic E-state index is 12.9. The van der Waals surface area contributed by atoms with E-state index in [-0.39, 0.29) is 11.9 Å². The minimum atomic E-state index is -0.370. The molecule has 0 bridgehead atoms. The number of aromatic nitrogens is 4. The van der Waals surface area contributed by atoms with E-state index in [0.29, 0.717) is 12.2 Å². The summed E-state index contributed by atoms with van der Waals surface area (Å²) in [4.78, 5) is 0. The zero-order chi connectivity index (χ0) is 10.7. The highest BCUT2D eigenvalue weighted by atomic mass is 19.1. The molecule has 0 aliphatic rings. The Morgan fingerprint density at radius 3 is 3.00 bits per heavy atom. The van der Waals surface area contributed by atoms with Crippen molar-refractivity contribution < 1.29 is 4.39 Å². The Balaban J connectivity index is 2.09. The van der Waals surface area contributed by atoms with Gasteiger partial charge >= 0.3 is 0 Å². The van der Waals surface area contributed by atoms with Gasteiger partial charge in [0.2, 0.25) is 0 Å². The Bertz CT molecular complexity index is 428. The lowest BCUT2D eigenvalue weighted by Gasteiger charge is -2.06. The van der Waals surface area contributed by atoms with Crippen LogP contribution in [0.1, 0.15) is 17.4 Å². The van der Waals surface area contributed by atoms with Gasteiger partial charge in [0.1, 0.15) is 5.82 Å². The van der Waals surface area contributed by atoms with Crippen molar-refractivity contribution in [2.45, 2.75) is 12.5 Å². The molecule has 1 aromatic carbocycles. The lowest BCUT2D eigenvalue weighted by Crippen LogP contribution is -2.15. The van der Waals surface area contributed by atoms with Crippen LogP contribution in [-0.4, -0.2) is 20.6 Å². The largest absolute Gasteiger partial charge is 0.321 e. The van der Waals surface area contributed by atoms with Gasteiger partial charge in [0, 0.05) is 0 Å². The lowest BCUT2D eigenvalue weighted by molar-refractivity contribution is 0.618. The molecule has 5 nitrogen and oxygen atoms in total. The predicted molar refractivity (Wildman–Crippen MR) is 51.2 cm³/mol. The van der Waals surface area contributed by atoms with E-state index in [4.69, 9.17) is 5.73 Å². The van der Waals surface area contributed by atoms with Crippen molar-refractivity contribution in [1.82, 2.24) is 20.6 Å². The third kappa shape index (κ3) is 2.35. The monoisotopic (exact) mass is 207 g/mol. The fourth-order valence-electron chi connectivity index (χ4n) is 1.34. The molecule has 78 valence electrons. The summed E-state index contributed by atoms with van der Waals surface area (Å²) in [6.07, 6.45) is 0.483. The minimum Gasteiger partial charge on any atom is -0.321 e. The topological polar surface area (TPSA) is 80.5 Å². The highest BCUT2D eigenvalue weighted by molar-refractivity contribution is 5.18.